The molecule has 0 saturated heterocycles. The lowest BCUT2D eigenvalue weighted by molar-refractivity contribution is 0.0696. The molecule has 0 aliphatic rings. The molecule has 1 aromatic carbocycles. The maximum Gasteiger partial charge on any atom is 0.365 e. The van der Waals surface area contributed by atoms with Crippen molar-refractivity contribution in [2.45, 2.75) is 6.92 Å². The molecule has 1 heterocycles. The zero-order valence-corrected chi connectivity index (χ0v) is 11.6. The largest absolute Gasteiger partial charge is 0.497 e. The van der Waals surface area contributed by atoms with Crippen molar-refractivity contribution in [3.05, 3.63) is 28.1 Å². The second-order valence-electron chi connectivity index (χ2n) is 3.80. The van der Waals surface area contributed by atoms with Gasteiger partial charge in [0.05, 0.1) is 19.9 Å². The van der Waals surface area contributed by atoms with Gasteiger partial charge in [0.25, 0.3) is 0 Å². The Labute approximate surface area is 114 Å². The number of hydrogen-bond donors (Lipinski definition) is 1. The third-order valence-electron chi connectivity index (χ3n) is 2.64. The van der Waals surface area contributed by atoms with E-state index in [-0.39, 0.29) is 5.01 Å². The standard InChI is InChI=1S/C13H13NO4S/c1-7-11(14-12(19-7)13(15)16)9-6-8(17-2)4-5-10(9)18-3/h4-6H,1-3H3,(H,15,16). The number of methoxy groups -OCH3 is 2. The highest BCUT2D eigenvalue weighted by Crippen LogP contribution is 2.36. The number of nitrogens with zero attached hydrogens (tertiary/aromatic N) is 1. The van der Waals surface area contributed by atoms with Gasteiger partial charge in [0.2, 0.25) is 5.01 Å². The number of carboxylic acid groups (broad SMARTS) is 1. The van der Waals surface area contributed by atoms with E-state index in [1.165, 1.54) is 0 Å². The molecule has 0 spiro atoms. The quantitative estimate of drug-likeness (QED) is 0.932. The Morgan fingerprint density at radius 1 is 1.32 bits per heavy atom. The normalized spacial score (nSPS) is 10.3. The topological polar surface area (TPSA) is 68.7 Å². The van der Waals surface area contributed by atoms with Crippen molar-refractivity contribution in [1.29, 1.82) is 0 Å². The first-order valence-electron chi connectivity index (χ1n) is 5.50. The lowest BCUT2D eigenvalue weighted by Gasteiger charge is -2.09. The first-order valence-corrected chi connectivity index (χ1v) is 6.31. The summed E-state index contributed by atoms with van der Waals surface area (Å²) in [6.45, 7) is 1.83. The smallest absolute Gasteiger partial charge is 0.365 e. The second kappa shape index (κ2) is 5.27. The predicted octanol–water partition coefficient (Wildman–Crippen LogP) is 2.83. The van der Waals surface area contributed by atoms with Crippen LogP contribution in [0.25, 0.3) is 11.3 Å². The number of aromatic carboxylic acids is 1. The fourth-order valence-electron chi connectivity index (χ4n) is 1.74. The Kier molecular flexibility index (Phi) is 3.71. The van der Waals surface area contributed by atoms with Crippen molar-refractivity contribution in [3.63, 3.8) is 0 Å². The number of carbonyl (C=O) groups is 1. The highest BCUT2D eigenvalue weighted by atomic mass is 32.1. The summed E-state index contributed by atoms with van der Waals surface area (Å²) in [6, 6.07) is 5.34. The van der Waals surface area contributed by atoms with E-state index in [2.05, 4.69) is 4.98 Å². The average Bonchev–Trinajstić information content (AvgIpc) is 2.80. The molecule has 5 nitrogen and oxygen atoms in total. The van der Waals surface area contributed by atoms with Gasteiger partial charge in [-0.2, -0.15) is 0 Å². The van der Waals surface area contributed by atoms with Gasteiger partial charge in [0.15, 0.2) is 0 Å². The first kappa shape index (κ1) is 13.4. The van der Waals surface area contributed by atoms with Crippen LogP contribution in [0.3, 0.4) is 0 Å². The molecule has 0 radical (unpaired) electrons. The molecule has 0 aliphatic carbocycles. The van der Waals surface area contributed by atoms with Crippen LogP contribution in [0.4, 0.5) is 0 Å². The van der Waals surface area contributed by atoms with Crippen LogP contribution < -0.4 is 9.47 Å². The lowest BCUT2D eigenvalue weighted by atomic mass is 10.1. The molecule has 1 N–H and O–H groups in total. The van der Waals surface area contributed by atoms with E-state index in [1.807, 2.05) is 6.92 Å². The fraction of sp³-hybridized carbons (Fsp3) is 0.231. The van der Waals surface area contributed by atoms with Gasteiger partial charge >= 0.3 is 5.97 Å². The summed E-state index contributed by atoms with van der Waals surface area (Å²) < 4.78 is 10.5. The molecular weight excluding hydrogens is 266 g/mol. The zero-order valence-electron chi connectivity index (χ0n) is 10.8. The number of ether oxygens (including phenoxy) is 2. The summed E-state index contributed by atoms with van der Waals surface area (Å²) in [5.41, 5.74) is 1.33. The van der Waals surface area contributed by atoms with Crippen LogP contribution in [-0.2, 0) is 0 Å². The molecule has 0 atom stereocenters. The molecule has 0 amide bonds. The van der Waals surface area contributed by atoms with Crippen molar-refractivity contribution in [1.82, 2.24) is 4.98 Å². The minimum absolute atomic E-state index is 0.0670. The minimum Gasteiger partial charge on any atom is -0.497 e. The molecule has 0 saturated carbocycles. The van der Waals surface area contributed by atoms with Crippen molar-refractivity contribution >= 4 is 17.3 Å². The van der Waals surface area contributed by atoms with Crippen LogP contribution in [0, 0.1) is 6.92 Å². The Balaban J connectivity index is 2.59. The molecule has 0 bridgehead atoms. The van der Waals surface area contributed by atoms with Crippen molar-refractivity contribution < 1.29 is 19.4 Å². The van der Waals surface area contributed by atoms with Crippen LogP contribution in [0.2, 0.25) is 0 Å². The van der Waals surface area contributed by atoms with E-state index >= 15 is 0 Å². The van der Waals surface area contributed by atoms with Gasteiger partial charge in [0.1, 0.15) is 11.5 Å². The van der Waals surface area contributed by atoms with Crippen molar-refractivity contribution in [2.75, 3.05) is 14.2 Å². The SMILES string of the molecule is COc1ccc(OC)c(-c2nc(C(=O)O)sc2C)c1. The van der Waals surface area contributed by atoms with Gasteiger partial charge in [-0.1, -0.05) is 0 Å². The predicted molar refractivity (Wildman–Crippen MR) is 72.4 cm³/mol. The highest BCUT2D eigenvalue weighted by molar-refractivity contribution is 7.13. The average molecular weight is 279 g/mol. The molecule has 0 fully saturated rings. The maximum atomic E-state index is 11.0. The summed E-state index contributed by atoms with van der Waals surface area (Å²) in [6.07, 6.45) is 0. The first-order chi connectivity index (χ1) is 9.06. The number of carboxylic acids is 1. The number of hydrogen-bond acceptors (Lipinski definition) is 5. The van der Waals surface area contributed by atoms with E-state index in [4.69, 9.17) is 14.6 Å². The van der Waals surface area contributed by atoms with Crippen LogP contribution in [0.15, 0.2) is 18.2 Å². The van der Waals surface area contributed by atoms with Crippen LogP contribution in [0.1, 0.15) is 14.7 Å². The molecule has 0 unspecified atom stereocenters. The highest BCUT2D eigenvalue weighted by Gasteiger charge is 2.18. The van der Waals surface area contributed by atoms with Gasteiger partial charge in [0, 0.05) is 10.4 Å². The Hall–Kier alpha value is -2.08. The number of thiazole rings is 1. The van der Waals surface area contributed by atoms with E-state index < -0.39 is 5.97 Å². The number of aryl methyl sites for hydroxylation is 1. The van der Waals surface area contributed by atoms with Crippen LogP contribution in [0.5, 0.6) is 11.5 Å². The molecular formula is C13H13NO4S. The Morgan fingerprint density at radius 2 is 2.05 bits per heavy atom. The Morgan fingerprint density at radius 3 is 2.58 bits per heavy atom. The van der Waals surface area contributed by atoms with Crippen molar-refractivity contribution in [2.24, 2.45) is 0 Å². The van der Waals surface area contributed by atoms with Crippen LogP contribution in [-0.4, -0.2) is 30.3 Å². The maximum absolute atomic E-state index is 11.0. The number of benzene rings is 1. The van der Waals surface area contributed by atoms with E-state index in [1.54, 1.807) is 32.4 Å². The molecule has 2 aromatic rings. The van der Waals surface area contributed by atoms with E-state index in [9.17, 15) is 4.79 Å². The molecule has 6 heteroatoms. The fourth-order valence-corrected chi connectivity index (χ4v) is 2.50. The summed E-state index contributed by atoms with van der Waals surface area (Å²) in [5.74, 6) is 0.271. The third kappa shape index (κ3) is 2.53. The third-order valence-corrected chi connectivity index (χ3v) is 3.60. The van der Waals surface area contributed by atoms with Gasteiger partial charge in [-0.05, 0) is 25.1 Å². The molecule has 0 aliphatic heterocycles. The second-order valence-corrected chi connectivity index (χ2v) is 5.00. The van der Waals surface area contributed by atoms with Gasteiger partial charge in [-0.25, -0.2) is 9.78 Å². The van der Waals surface area contributed by atoms with Gasteiger partial charge in [-0.15, -0.1) is 11.3 Å². The van der Waals surface area contributed by atoms with E-state index in [0.29, 0.717) is 17.2 Å². The molecule has 2 rings (SSSR count). The minimum atomic E-state index is -1.03. The summed E-state index contributed by atoms with van der Waals surface area (Å²) in [4.78, 5) is 15.9. The zero-order chi connectivity index (χ0) is 14.0. The summed E-state index contributed by atoms with van der Waals surface area (Å²) in [5, 5.41) is 9.06. The van der Waals surface area contributed by atoms with E-state index in [0.717, 1.165) is 21.8 Å². The number of aromatic nitrogens is 1. The number of rotatable bonds is 4. The van der Waals surface area contributed by atoms with Gasteiger partial charge in [-0.3, -0.25) is 0 Å². The summed E-state index contributed by atoms with van der Waals surface area (Å²) >= 11 is 1.14. The monoisotopic (exact) mass is 279 g/mol. The summed E-state index contributed by atoms with van der Waals surface area (Å²) in [7, 11) is 3.13. The molecule has 1 aromatic heterocycles. The molecule has 100 valence electrons. The van der Waals surface area contributed by atoms with Crippen LogP contribution >= 0.6 is 11.3 Å². The molecule has 19 heavy (non-hydrogen) atoms. The lowest BCUT2D eigenvalue weighted by Crippen LogP contribution is -1.95. The Bertz CT molecular complexity index is 621. The van der Waals surface area contributed by atoms with Gasteiger partial charge < -0.3 is 14.6 Å². The van der Waals surface area contributed by atoms with Crippen molar-refractivity contribution in [3.8, 4) is 22.8 Å².